The van der Waals surface area contributed by atoms with Crippen molar-refractivity contribution in [3.63, 3.8) is 0 Å². The van der Waals surface area contributed by atoms with Crippen LogP contribution in [0.5, 0.6) is 11.5 Å². The SMILES string of the molecule is CN(C)CCC(=O)Nc1ccc(C2CCN(C(=O)c3ccc(Oc4ccc(C(F)(F)F)cc4)cc3)CC2)cc1. The van der Waals surface area contributed by atoms with E-state index in [2.05, 4.69) is 5.32 Å². The molecule has 1 aliphatic rings. The van der Waals surface area contributed by atoms with Gasteiger partial charge in [0.1, 0.15) is 11.5 Å². The molecule has 1 N–H and O–H groups in total. The van der Waals surface area contributed by atoms with Gasteiger partial charge >= 0.3 is 6.18 Å². The molecule has 1 heterocycles. The van der Waals surface area contributed by atoms with Crippen molar-refractivity contribution in [3.8, 4) is 11.5 Å². The van der Waals surface area contributed by atoms with E-state index in [0.29, 0.717) is 43.3 Å². The molecular weight excluding hydrogens is 507 g/mol. The first-order valence-electron chi connectivity index (χ1n) is 12.9. The standard InChI is InChI=1S/C30H32F3N3O3/c1-35(2)18-17-28(37)34-25-9-3-21(4-10-25)22-15-19-36(20-16-22)29(38)23-5-11-26(12-6-23)39-27-13-7-24(8-14-27)30(31,32)33/h3-14,22H,15-20H2,1-2H3,(H,34,37). The number of carbonyl (C=O) groups is 2. The van der Waals surface area contributed by atoms with Crippen LogP contribution in [0.2, 0.25) is 0 Å². The molecule has 3 aromatic carbocycles. The van der Waals surface area contributed by atoms with E-state index < -0.39 is 11.7 Å². The van der Waals surface area contributed by atoms with Crippen molar-refractivity contribution in [1.29, 1.82) is 0 Å². The molecule has 1 fully saturated rings. The highest BCUT2D eigenvalue weighted by Crippen LogP contribution is 2.32. The molecule has 3 aromatic rings. The van der Waals surface area contributed by atoms with Crippen LogP contribution in [0.4, 0.5) is 18.9 Å². The van der Waals surface area contributed by atoms with Crippen molar-refractivity contribution >= 4 is 17.5 Å². The van der Waals surface area contributed by atoms with Crippen LogP contribution in [0.1, 0.15) is 46.7 Å². The largest absolute Gasteiger partial charge is 0.457 e. The van der Waals surface area contributed by atoms with Crippen molar-refractivity contribution in [2.45, 2.75) is 31.4 Å². The monoisotopic (exact) mass is 539 g/mol. The fourth-order valence-electron chi connectivity index (χ4n) is 4.50. The summed E-state index contributed by atoms with van der Waals surface area (Å²) >= 11 is 0. The molecule has 0 spiro atoms. The number of carbonyl (C=O) groups excluding carboxylic acids is 2. The van der Waals surface area contributed by atoms with Crippen LogP contribution in [0.15, 0.2) is 72.8 Å². The first kappa shape index (κ1) is 28.2. The van der Waals surface area contributed by atoms with E-state index in [9.17, 15) is 22.8 Å². The van der Waals surface area contributed by atoms with Crippen LogP contribution in [-0.4, -0.2) is 55.3 Å². The number of hydrogen-bond acceptors (Lipinski definition) is 4. The Morgan fingerprint density at radius 2 is 1.46 bits per heavy atom. The zero-order valence-electron chi connectivity index (χ0n) is 22.0. The second kappa shape index (κ2) is 12.3. The van der Waals surface area contributed by atoms with Crippen molar-refractivity contribution in [3.05, 3.63) is 89.5 Å². The molecule has 1 saturated heterocycles. The van der Waals surface area contributed by atoms with Crippen LogP contribution < -0.4 is 10.1 Å². The molecule has 6 nitrogen and oxygen atoms in total. The van der Waals surface area contributed by atoms with Crippen molar-refractivity contribution in [2.75, 3.05) is 39.0 Å². The third-order valence-corrected chi connectivity index (χ3v) is 6.75. The summed E-state index contributed by atoms with van der Waals surface area (Å²) in [6.07, 6.45) is -2.27. The molecule has 39 heavy (non-hydrogen) atoms. The van der Waals surface area contributed by atoms with Gasteiger partial charge < -0.3 is 19.9 Å². The number of benzene rings is 3. The molecular formula is C30H32F3N3O3. The number of rotatable bonds is 8. The van der Waals surface area contributed by atoms with E-state index in [-0.39, 0.29) is 17.6 Å². The normalized spacial score (nSPS) is 14.4. The molecule has 0 unspecified atom stereocenters. The number of nitrogens with zero attached hydrogens (tertiary/aromatic N) is 2. The summed E-state index contributed by atoms with van der Waals surface area (Å²) < 4.78 is 43.8. The molecule has 0 atom stereocenters. The lowest BCUT2D eigenvalue weighted by Crippen LogP contribution is -2.37. The minimum Gasteiger partial charge on any atom is -0.457 e. The van der Waals surface area contributed by atoms with Crippen LogP contribution >= 0.6 is 0 Å². The number of hydrogen-bond donors (Lipinski definition) is 1. The van der Waals surface area contributed by atoms with Gasteiger partial charge in [-0.25, -0.2) is 0 Å². The number of halogens is 3. The highest BCUT2D eigenvalue weighted by atomic mass is 19.4. The van der Waals surface area contributed by atoms with Gasteiger partial charge in [0, 0.05) is 37.3 Å². The highest BCUT2D eigenvalue weighted by molar-refractivity contribution is 5.94. The summed E-state index contributed by atoms with van der Waals surface area (Å²) in [4.78, 5) is 28.9. The van der Waals surface area contributed by atoms with E-state index in [1.165, 1.54) is 17.7 Å². The van der Waals surface area contributed by atoms with E-state index in [0.717, 1.165) is 30.7 Å². The number of likely N-dealkylation sites (tertiary alicyclic amines) is 1. The maximum atomic E-state index is 13.0. The summed E-state index contributed by atoms with van der Waals surface area (Å²) in [6, 6.07) is 19.0. The molecule has 0 radical (unpaired) electrons. The van der Waals surface area contributed by atoms with E-state index in [1.807, 2.05) is 48.2 Å². The number of piperidine rings is 1. The van der Waals surface area contributed by atoms with Gasteiger partial charge in [0.15, 0.2) is 0 Å². The van der Waals surface area contributed by atoms with Crippen LogP contribution in [0, 0.1) is 0 Å². The van der Waals surface area contributed by atoms with E-state index in [4.69, 9.17) is 4.74 Å². The number of ether oxygens (including phenoxy) is 1. The zero-order valence-corrected chi connectivity index (χ0v) is 22.0. The first-order chi connectivity index (χ1) is 18.6. The van der Waals surface area contributed by atoms with Gasteiger partial charge in [0.05, 0.1) is 5.56 Å². The first-order valence-corrected chi connectivity index (χ1v) is 12.9. The minimum absolute atomic E-state index is 0.0116. The van der Waals surface area contributed by atoms with Gasteiger partial charge in [0.2, 0.25) is 5.91 Å². The Morgan fingerprint density at radius 1 is 0.897 bits per heavy atom. The Labute approximate surface area is 226 Å². The second-order valence-electron chi connectivity index (χ2n) is 9.94. The van der Waals surface area contributed by atoms with Gasteiger partial charge in [-0.1, -0.05) is 12.1 Å². The van der Waals surface area contributed by atoms with E-state index >= 15 is 0 Å². The summed E-state index contributed by atoms with van der Waals surface area (Å²) in [5.74, 6) is 0.978. The number of anilines is 1. The lowest BCUT2D eigenvalue weighted by molar-refractivity contribution is -0.137. The molecule has 1 aliphatic heterocycles. The topological polar surface area (TPSA) is 61.9 Å². The van der Waals surface area contributed by atoms with Crippen molar-refractivity contribution in [1.82, 2.24) is 9.80 Å². The molecule has 0 aromatic heterocycles. The fraction of sp³-hybridized carbons (Fsp3) is 0.333. The number of nitrogens with one attached hydrogen (secondary N) is 1. The Balaban J connectivity index is 1.26. The lowest BCUT2D eigenvalue weighted by Gasteiger charge is -2.32. The van der Waals surface area contributed by atoms with Crippen molar-refractivity contribution < 1.29 is 27.5 Å². The van der Waals surface area contributed by atoms with Gasteiger partial charge in [-0.15, -0.1) is 0 Å². The average molecular weight is 540 g/mol. The Kier molecular flexibility index (Phi) is 8.91. The predicted molar refractivity (Wildman–Crippen MR) is 144 cm³/mol. The van der Waals surface area contributed by atoms with Crippen LogP contribution in [-0.2, 0) is 11.0 Å². The third-order valence-electron chi connectivity index (χ3n) is 6.75. The van der Waals surface area contributed by atoms with E-state index in [1.54, 1.807) is 24.3 Å². The highest BCUT2D eigenvalue weighted by Gasteiger charge is 2.30. The minimum atomic E-state index is -4.40. The zero-order chi connectivity index (χ0) is 28.0. The van der Waals surface area contributed by atoms with Crippen LogP contribution in [0.3, 0.4) is 0 Å². The van der Waals surface area contributed by atoms with Crippen LogP contribution in [0.25, 0.3) is 0 Å². The van der Waals surface area contributed by atoms with Gasteiger partial charge in [0.25, 0.3) is 5.91 Å². The molecule has 9 heteroatoms. The lowest BCUT2D eigenvalue weighted by atomic mass is 9.89. The molecule has 4 rings (SSSR count). The van der Waals surface area contributed by atoms with Gasteiger partial charge in [-0.3, -0.25) is 9.59 Å². The van der Waals surface area contributed by atoms with Gasteiger partial charge in [-0.2, -0.15) is 13.2 Å². The molecule has 0 saturated carbocycles. The average Bonchev–Trinajstić information content (AvgIpc) is 2.92. The fourth-order valence-corrected chi connectivity index (χ4v) is 4.50. The Hall–Kier alpha value is -3.85. The maximum Gasteiger partial charge on any atom is 0.416 e. The summed E-state index contributed by atoms with van der Waals surface area (Å²) in [7, 11) is 3.86. The number of amides is 2. The predicted octanol–water partition coefficient (Wildman–Crippen LogP) is 6.41. The van der Waals surface area contributed by atoms with Gasteiger partial charge in [-0.05, 0) is 99.1 Å². The van der Waals surface area contributed by atoms with Crippen molar-refractivity contribution in [2.24, 2.45) is 0 Å². The number of alkyl halides is 3. The Morgan fingerprint density at radius 3 is 2.00 bits per heavy atom. The quantitative estimate of drug-likeness (QED) is 0.360. The second-order valence-corrected chi connectivity index (χ2v) is 9.94. The Bertz CT molecular complexity index is 1250. The third kappa shape index (κ3) is 7.83. The smallest absolute Gasteiger partial charge is 0.416 e. The molecule has 206 valence electrons. The summed E-state index contributed by atoms with van der Waals surface area (Å²) in [5.41, 5.74) is 1.76. The molecule has 2 amide bonds. The molecule has 0 aliphatic carbocycles. The molecule has 0 bridgehead atoms. The maximum absolute atomic E-state index is 13.0. The summed E-state index contributed by atoms with van der Waals surface area (Å²) in [5, 5.41) is 2.92. The summed E-state index contributed by atoms with van der Waals surface area (Å²) in [6.45, 7) is 1.97.